The summed E-state index contributed by atoms with van der Waals surface area (Å²) in [4.78, 5) is 9.68. The Bertz CT molecular complexity index is 468. The van der Waals surface area contributed by atoms with Gasteiger partial charge in [-0.25, -0.2) is 4.98 Å². The Morgan fingerprint density at radius 1 is 1.47 bits per heavy atom. The topological polar surface area (TPSA) is 19.4 Å². The summed E-state index contributed by atoms with van der Waals surface area (Å²) in [6.45, 7) is 5.78. The number of hydrogen-bond donors (Lipinski definition) is 0. The van der Waals surface area contributed by atoms with Crippen LogP contribution in [-0.4, -0.2) is 41.6 Å². The van der Waals surface area contributed by atoms with E-state index in [1.165, 1.54) is 19.4 Å². The molecule has 0 aromatic carbocycles. The number of rotatable bonds is 2. The van der Waals surface area contributed by atoms with Crippen molar-refractivity contribution in [2.75, 3.05) is 24.5 Å². The van der Waals surface area contributed by atoms with Gasteiger partial charge in [-0.05, 0) is 48.3 Å². The molecule has 2 saturated heterocycles. The molecule has 2 fully saturated rings. The number of alkyl halides is 1. The SMILES string of the molecule is CC1CN2CCCC2CN1c1ncc(Br)cc1CCl. The number of pyridine rings is 1. The van der Waals surface area contributed by atoms with Crippen molar-refractivity contribution in [1.82, 2.24) is 9.88 Å². The fraction of sp³-hybridized carbons (Fsp3) is 0.643. The van der Waals surface area contributed by atoms with Crippen LogP contribution in [0.1, 0.15) is 25.3 Å². The molecule has 1 aromatic heterocycles. The van der Waals surface area contributed by atoms with E-state index in [1.807, 2.05) is 6.20 Å². The van der Waals surface area contributed by atoms with Crippen LogP contribution in [0.5, 0.6) is 0 Å². The Kier molecular flexibility index (Phi) is 4.01. The lowest BCUT2D eigenvalue weighted by molar-refractivity contribution is 0.202. The maximum atomic E-state index is 6.08. The monoisotopic (exact) mass is 343 g/mol. The Labute approximate surface area is 128 Å². The number of halogens is 2. The molecule has 3 heterocycles. The van der Waals surface area contributed by atoms with Crippen molar-refractivity contribution in [3.05, 3.63) is 22.3 Å². The van der Waals surface area contributed by atoms with Crippen LogP contribution in [0.15, 0.2) is 16.7 Å². The molecule has 2 atom stereocenters. The number of fused-ring (bicyclic) bond motifs is 1. The van der Waals surface area contributed by atoms with Crippen molar-refractivity contribution in [2.45, 2.75) is 37.7 Å². The summed E-state index contributed by atoms with van der Waals surface area (Å²) in [7, 11) is 0. The van der Waals surface area contributed by atoms with E-state index in [1.54, 1.807) is 0 Å². The lowest BCUT2D eigenvalue weighted by atomic mass is 10.1. The van der Waals surface area contributed by atoms with Crippen LogP contribution in [-0.2, 0) is 5.88 Å². The second-order valence-corrected chi connectivity index (χ2v) is 6.75. The van der Waals surface area contributed by atoms with Crippen LogP contribution in [0.4, 0.5) is 5.82 Å². The number of anilines is 1. The molecule has 19 heavy (non-hydrogen) atoms. The first-order chi connectivity index (χ1) is 9.19. The van der Waals surface area contributed by atoms with Gasteiger partial charge in [0.15, 0.2) is 0 Å². The molecule has 5 heteroatoms. The van der Waals surface area contributed by atoms with Crippen molar-refractivity contribution in [3.8, 4) is 0 Å². The zero-order valence-corrected chi connectivity index (χ0v) is 13.5. The number of nitrogens with zero attached hydrogens (tertiary/aromatic N) is 3. The first kappa shape index (κ1) is 13.7. The quantitative estimate of drug-likeness (QED) is 0.768. The van der Waals surface area contributed by atoms with Crippen LogP contribution in [0.3, 0.4) is 0 Å². The van der Waals surface area contributed by atoms with Crippen LogP contribution in [0.2, 0.25) is 0 Å². The Hall–Kier alpha value is -0.320. The third-order valence-electron chi connectivity index (χ3n) is 4.26. The molecular formula is C14H19BrClN3. The molecule has 0 amide bonds. The molecule has 1 aromatic rings. The minimum Gasteiger partial charge on any atom is -0.351 e. The van der Waals surface area contributed by atoms with E-state index in [9.17, 15) is 0 Å². The zero-order chi connectivity index (χ0) is 13.4. The first-order valence-electron chi connectivity index (χ1n) is 6.90. The second kappa shape index (κ2) is 5.58. The predicted octanol–water partition coefficient (Wildman–Crippen LogP) is 3.26. The van der Waals surface area contributed by atoms with Gasteiger partial charge in [-0.1, -0.05) is 0 Å². The van der Waals surface area contributed by atoms with E-state index in [4.69, 9.17) is 11.6 Å². The van der Waals surface area contributed by atoms with Gasteiger partial charge in [0.1, 0.15) is 5.82 Å². The molecule has 3 rings (SSSR count). The average molecular weight is 345 g/mol. The lowest BCUT2D eigenvalue weighted by Gasteiger charge is -2.43. The summed E-state index contributed by atoms with van der Waals surface area (Å²) in [6, 6.07) is 3.29. The minimum absolute atomic E-state index is 0.505. The first-order valence-corrected chi connectivity index (χ1v) is 8.23. The van der Waals surface area contributed by atoms with Crippen molar-refractivity contribution in [1.29, 1.82) is 0 Å². The van der Waals surface area contributed by atoms with Crippen molar-refractivity contribution in [3.63, 3.8) is 0 Å². The maximum Gasteiger partial charge on any atom is 0.133 e. The summed E-state index contributed by atoms with van der Waals surface area (Å²) in [5.41, 5.74) is 1.12. The molecule has 2 aliphatic rings. The molecule has 0 radical (unpaired) electrons. The van der Waals surface area contributed by atoms with Crippen LogP contribution in [0.25, 0.3) is 0 Å². The van der Waals surface area contributed by atoms with Gasteiger partial charge in [0.05, 0.1) is 5.88 Å². The molecule has 0 N–H and O–H groups in total. The highest BCUT2D eigenvalue weighted by Crippen LogP contribution is 2.31. The highest BCUT2D eigenvalue weighted by atomic mass is 79.9. The second-order valence-electron chi connectivity index (χ2n) is 5.56. The lowest BCUT2D eigenvalue weighted by Crippen LogP contribution is -2.55. The minimum atomic E-state index is 0.505. The fourth-order valence-electron chi connectivity index (χ4n) is 3.31. The van der Waals surface area contributed by atoms with Gasteiger partial charge in [0, 0.05) is 41.4 Å². The van der Waals surface area contributed by atoms with Crippen molar-refractivity contribution in [2.24, 2.45) is 0 Å². The molecule has 2 aliphatic heterocycles. The average Bonchev–Trinajstić information content (AvgIpc) is 2.85. The number of aromatic nitrogens is 1. The van der Waals surface area contributed by atoms with Gasteiger partial charge in [0.2, 0.25) is 0 Å². The Morgan fingerprint density at radius 3 is 3.11 bits per heavy atom. The van der Waals surface area contributed by atoms with Crippen molar-refractivity contribution >= 4 is 33.3 Å². The molecule has 104 valence electrons. The number of hydrogen-bond acceptors (Lipinski definition) is 3. The molecule has 0 saturated carbocycles. The normalized spacial score (nSPS) is 27.6. The fourth-order valence-corrected chi connectivity index (χ4v) is 3.89. The zero-order valence-electron chi connectivity index (χ0n) is 11.1. The highest BCUT2D eigenvalue weighted by molar-refractivity contribution is 9.10. The van der Waals surface area contributed by atoms with E-state index >= 15 is 0 Å². The predicted molar refractivity (Wildman–Crippen MR) is 82.9 cm³/mol. The largest absolute Gasteiger partial charge is 0.351 e. The van der Waals surface area contributed by atoms with E-state index < -0.39 is 0 Å². The van der Waals surface area contributed by atoms with Gasteiger partial charge in [-0.15, -0.1) is 11.6 Å². The summed E-state index contributed by atoms with van der Waals surface area (Å²) >= 11 is 9.56. The van der Waals surface area contributed by atoms with Gasteiger partial charge >= 0.3 is 0 Å². The van der Waals surface area contributed by atoms with Crippen LogP contribution >= 0.6 is 27.5 Å². The summed E-state index contributed by atoms with van der Waals surface area (Å²) in [5, 5.41) is 0. The van der Waals surface area contributed by atoms with Crippen molar-refractivity contribution < 1.29 is 0 Å². The van der Waals surface area contributed by atoms with Gasteiger partial charge in [-0.3, -0.25) is 4.90 Å². The Balaban J connectivity index is 1.88. The third kappa shape index (κ3) is 2.63. The molecular weight excluding hydrogens is 326 g/mol. The van der Waals surface area contributed by atoms with E-state index in [0.717, 1.165) is 28.9 Å². The van der Waals surface area contributed by atoms with Gasteiger partial charge in [-0.2, -0.15) is 0 Å². The molecule has 3 nitrogen and oxygen atoms in total. The van der Waals surface area contributed by atoms with E-state index in [-0.39, 0.29) is 0 Å². The molecule has 0 spiro atoms. The van der Waals surface area contributed by atoms with Crippen LogP contribution in [0, 0.1) is 0 Å². The molecule has 0 aliphatic carbocycles. The van der Waals surface area contributed by atoms with Gasteiger partial charge < -0.3 is 4.90 Å². The smallest absolute Gasteiger partial charge is 0.133 e. The standard InChI is InChI=1S/C14H19BrClN3/c1-10-8-18-4-2-3-13(18)9-19(10)14-11(6-16)5-12(15)7-17-14/h5,7,10,13H,2-4,6,8-9H2,1H3. The van der Waals surface area contributed by atoms with Crippen LogP contribution < -0.4 is 4.90 Å². The summed E-state index contributed by atoms with van der Waals surface area (Å²) < 4.78 is 0.999. The third-order valence-corrected chi connectivity index (χ3v) is 4.98. The molecule has 2 unspecified atom stereocenters. The molecule has 0 bridgehead atoms. The summed E-state index contributed by atoms with van der Waals surface area (Å²) in [5.74, 6) is 1.58. The van der Waals surface area contributed by atoms with E-state index in [2.05, 4.69) is 43.7 Å². The summed E-state index contributed by atoms with van der Waals surface area (Å²) in [6.07, 6.45) is 4.52. The van der Waals surface area contributed by atoms with E-state index in [0.29, 0.717) is 18.0 Å². The van der Waals surface area contributed by atoms with Gasteiger partial charge in [0.25, 0.3) is 0 Å². The Morgan fingerprint density at radius 2 is 2.32 bits per heavy atom. The highest BCUT2D eigenvalue weighted by Gasteiger charge is 2.35. The number of piperazine rings is 1. The maximum absolute atomic E-state index is 6.08.